The third-order valence-corrected chi connectivity index (χ3v) is 2.10. The van der Waals surface area contributed by atoms with Crippen LogP contribution < -0.4 is 5.90 Å². The van der Waals surface area contributed by atoms with Crippen molar-refractivity contribution in [3.05, 3.63) is 48.6 Å². The zero-order valence-corrected chi connectivity index (χ0v) is 8.85. The van der Waals surface area contributed by atoms with Gasteiger partial charge in [-0.2, -0.15) is 11.0 Å². The molecule has 2 rings (SSSR count). The van der Waals surface area contributed by atoms with Crippen molar-refractivity contribution < 1.29 is 9.63 Å². The molecular formula is C11H10N4O2. The van der Waals surface area contributed by atoms with Crippen LogP contribution in [0.3, 0.4) is 0 Å². The van der Waals surface area contributed by atoms with Crippen LogP contribution >= 0.6 is 0 Å². The summed E-state index contributed by atoms with van der Waals surface area (Å²) in [6.07, 6.45) is 5.94. The first kappa shape index (κ1) is 11.0. The highest BCUT2D eigenvalue weighted by Crippen LogP contribution is 2.09. The zero-order chi connectivity index (χ0) is 12.1. The van der Waals surface area contributed by atoms with Crippen LogP contribution in [0.4, 0.5) is 0 Å². The van der Waals surface area contributed by atoms with Crippen LogP contribution in [-0.4, -0.2) is 20.7 Å². The van der Waals surface area contributed by atoms with Gasteiger partial charge in [0, 0.05) is 6.08 Å². The first-order valence-corrected chi connectivity index (χ1v) is 4.83. The molecule has 0 unspecified atom stereocenters. The van der Waals surface area contributed by atoms with Crippen LogP contribution in [0.2, 0.25) is 0 Å². The van der Waals surface area contributed by atoms with Gasteiger partial charge in [-0.15, -0.1) is 0 Å². The molecule has 1 heterocycles. The largest absolute Gasteiger partial charge is 0.370 e. The highest BCUT2D eigenvalue weighted by atomic mass is 16.7. The first-order chi connectivity index (χ1) is 8.29. The predicted molar refractivity (Wildman–Crippen MR) is 60.7 cm³/mol. The van der Waals surface area contributed by atoms with Crippen molar-refractivity contribution in [1.29, 1.82) is 0 Å². The zero-order valence-electron chi connectivity index (χ0n) is 8.85. The minimum absolute atomic E-state index is 0.592. The maximum absolute atomic E-state index is 10.8. The number of benzene rings is 1. The Kier molecular flexibility index (Phi) is 3.27. The van der Waals surface area contributed by atoms with E-state index in [2.05, 4.69) is 14.9 Å². The third kappa shape index (κ3) is 2.76. The Bertz CT molecular complexity index is 517. The van der Waals surface area contributed by atoms with Crippen molar-refractivity contribution in [2.24, 2.45) is 5.90 Å². The molecule has 0 atom stereocenters. The Labute approximate surface area is 97.3 Å². The Morgan fingerprint density at radius 1 is 1.35 bits per heavy atom. The molecule has 1 aromatic carbocycles. The predicted octanol–water partition coefficient (Wildman–Crippen LogP) is 0.697. The minimum Gasteiger partial charge on any atom is -0.370 e. The summed E-state index contributed by atoms with van der Waals surface area (Å²) >= 11 is 0. The van der Waals surface area contributed by atoms with Gasteiger partial charge in [0.15, 0.2) is 0 Å². The second-order valence-corrected chi connectivity index (χ2v) is 3.20. The fraction of sp³-hybridized carbons (Fsp3) is 0. The Morgan fingerprint density at radius 2 is 2.12 bits per heavy atom. The molecule has 0 aliphatic rings. The van der Waals surface area contributed by atoms with Crippen LogP contribution in [0.5, 0.6) is 0 Å². The number of nitrogens with two attached hydrogens (primary N) is 1. The topological polar surface area (TPSA) is 83.0 Å². The van der Waals surface area contributed by atoms with Gasteiger partial charge in [-0.1, -0.05) is 12.1 Å². The lowest BCUT2D eigenvalue weighted by Crippen LogP contribution is -2.05. The molecule has 86 valence electrons. The fourth-order valence-electron chi connectivity index (χ4n) is 1.28. The van der Waals surface area contributed by atoms with E-state index in [9.17, 15) is 4.79 Å². The van der Waals surface area contributed by atoms with E-state index in [-0.39, 0.29) is 0 Å². The number of carbonyl (C=O) groups excluding carboxylic acids is 1. The van der Waals surface area contributed by atoms with E-state index in [4.69, 9.17) is 5.90 Å². The average Bonchev–Trinajstić information content (AvgIpc) is 2.90. The van der Waals surface area contributed by atoms with E-state index < -0.39 is 5.97 Å². The third-order valence-electron chi connectivity index (χ3n) is 2.10. The van der Waals surface area contributed by atoms with Crippen molar-refractivity contribution in [2.45, 2.75) is 0 Å². The molecule has 0 spiro atoms. The van der Waals surface area contributed by atoms with E-state index in [1.165, 1.54) is 12.4 Å². The lowest BCUT2D eigenvalue weighted by molar-refractivity contribution is -0.138. The molecule has 0 bridgehead atoms. The Hall–Kier alpha value is -2.47. The Morgan fingerprint density at radius 3 is 2.71 bits per heavy atom. The molecule has 0 fully saturated rings. The number of aromatic nitrogens is 3. The Balaban J connectivity index is 2.14. The molecule has 0 aliphatic heterocycles. The average molecular weight is 230 g/mol. The highest BCUT2D eigenvalue weighted by Gasteiger charge is 1.96. The van der Waals surface area contributed by atoms with E-state index >= 15 is 0 Å². The number of carbonyl (C=O) groups is 1. The summed E-state index contributed by atoms with van der Waals surface area (Å²) in [4.78, 5) is 18.6. The summed E-state index contributed by atoms with van der Waals surface area (Å²) in [5.74, 6) is 4.11. The molecule has 1 aromatic heterocycles. The second kappa shape index (κ2) is 5.04. The molecule has 0 saturated carbocycles. The summed E-state index contributed by atoms with van der Waals surface area (Å²) in [5, 5.41) is 4.00. The molecule has 2 aromatic rings. The van der Waals surface area contributed by atoms with Crippen LogP contribution in [0.25, 0.3) is 11.8 Å². The van der Waals surface area contributed by atoms with Gasteiger partial charge < -0.3 is 4.84 Å². The summed E-state index contributed by atoms with van der Waals surface area (Å²) in [5.41, 5.74) is 1.75. The maximum atomic E-state index is 10.8. The van der Waals surface area contributed by atoms with E-state index in [0.29, 0.717) is 0 Å². The summed E-state index contributed by atoms with van der Waals surface area (Å²) < 4.78 is 1.64. The van der Waals surface area contributed by atoms with Crippen molar-refractivity contribution >= 4 is 12.0 Å². The van der Waals surface area contributed by atoms with Gasteiger partial charge >= 0.3 is 5.97 Å². The number of hydrogen-bond donors (Lipinski definition) is 1. The van der Waals surface area contributed by atoms with Gasteiger partial charge in [-0.25, -0.2) is 14.5 Å². The van der Waals surface area contributed by atoms with Crippen molar-refractivity contribution in [2.75, 3.05) is 0 Å². The van der Waals surface area contributed by atoms with Crippen molar-refractivity contribution in [3.63, 3.8) is 0 Å². The van der Waals surface area contributed by atoms with Gasteiger partial charge in [0.2, 0.25) is 0 Å². The van der Waals surface area contributed by atoms with Gasteiger partial charge in [-0.05, 0) is 23.8 Å². The lowest BCUT2D eigenvalue weighted by atomic mass is 10.2. The van der Waals surface area contributed by atoms with Gasteiger partial charge in [0.05, 0.1) is 5.69 Å². The maximum Gasteiger partial charge on any atom is 0.349 e. The standard InChI is InChI=1S/C11H10N4O2/c12-17-11(16)6-3-9-1-4-10(5-2-9)15-8-13-7-14-15/h1-8H,12H2. The summed E-state index contributed by atoms with van der Waals surface area (Å²) in [7, 11) is 0. The molecule has 17 heavy (non-hydrogen) atoms. The number of nitrogens with zero attached hydrogens (tertiary/aromatic N) is 3. The van der Waals surface area contributed by atoms with Crippen LogP contribution in [-0.2, 0) is 9.63 Å². The monoisotopic (exact) mass is 230 g/mol. The van der Waals surface area contributed by atoms with E-state index in [1.54, 1.807) is 17.1 Å². The van der Waals surface area contributed by atoms with Crippen LogP contribution in [0.15, 0.2) is 43.0 Å². The quantitative estimate of drug-likeness (QED) is 0.619. The molecule has 0 radical (unpaired) electrons. The fourth-order valence-corrected chi connectivity index (χ4v) is 1.28. The van der Waals surface area contributed by atoms with Gasteiger partial charge in [0.25, 0.3) is 0 Å². The molecule has 6 nitrogen and oxygen atoms in total. The molecule has 2 N–H and O–H groups in total. The molecule has 0 saturated heterocycles. The highest BCUT2D eigenvalue weighted by molar-refractivity contribution is 5.86. The van der Waals surface area contributed by atoms with Crippen LogP contribution in [0.1, 0.15) is 5.56 Å². The smallest absolute Gasteiger partial charge is 0.349 e. The van der Waals surface area contributed by atoms with Gasteiger partial charge in [-0.3, -0.25) is 0 Å². The number of hydrogen-bond acceptors (Lipinski definition) is 5. The first-order valence-electron chi connectivity index (χ1n) is 4.83. The molecule has 0 amide bonds. The molecule has 0 aliphatic carbocycles. The van der Waals surface area contributed by atoms with E-state index in [1.807, 2.05) is 24.3 Å². The summed E-state index contributed by atoms with van der Waals surface area (Å²) in [6.45, 7) is 0. The second-order valence-electron chi connectivity index (χ2n) is 3.20. The van der Waals surface area contributed by atoms with Crippen molar-refractivity contribution in [3.8, 4) is 5.69 Å². The number of rotatable bonds is 3. The van der Waals surface area contributed by atoms with Crippen molar-refractivity contribution in [1.82, 2.24) is 14.8 Å². The van der Waals surface area contributed by atoms with E-state index in [0.717, 1.165) is 11.3 Å². The summed E-state index contributed by atoms with van der Waals surface area (Å²) in [6, 6.07) is 7.42. The normalized spacial score (nSPS) is 10.6. The molecule has 6 heteroatoms. The molecular weight excluding hydrogens is 220 g/mol. The van der Waals surface area contributed by atoms with Gasteiger partial charge in [0.1, 0.15) is 12.7 Å². The SMILES string of the molecule is NOC(=O)C=Cc1ccc(-n2cncn2)cc1. The lowest BCUT2D eigenvalue weighted by Gasteiger charge is -2.00. The van der Waals surface area contributed by atoms with Crippen LogP contribution in [0, 0.1) is 0 Å². The minimum atomic E-state index is -0.592.